The van der Waals surface area contributed by atoms with Crippen LogP contribution in [-0.4, -0.2) is 25.2 Å². The molecule has 4 nitrogen and oxygen atoms in total. The molecule has 0 bridgehead atoms. The third kappa shape index (κ3) is 4.37. The first kappa shape index (κ1) is 17.7. The summed E-state index contributed by atoms with van der Waals surface area (Å²) in [6.07, 6.45) is 3.67. The van der Waals surface area contributed by atoms with E-state index in [-0.39, 0.29) is 19.1 Å². The van der Waals surface area contributed by atoms with Crippen molar-refractivity contribution in [1.29, 1.82) is 0 Å². The van der Waals surface area contributed by atoms with Crippen molar-refractivity contribution in [3.8, 4) is 0 Å². The Balaban J connectivity index is 5.27. The Morgan fingerprint density at radius 3 is 1.95 bits per heavy atom. The minimum absolute atomic E-state index is 0.171. The molecule has 0 spiro atoms. The van der Waals surface area contributed by atoms with Gasteiger partial charge < -0.3 is 9.47 Å². The molecule has 0 N–H and O–H groups in total. The maximum Gasteiger partial charge on any atom is 0.323 e. The van der Waals surface area contributed by atoms with Gasteiger partial charge in [0.2, 0.25) is 0 Å². The van der Waals surface area contributed by atoms with Crippen molar-refractivity contribution in [3.63, 3.8) is 0 Å². The second kappa shape index (κ2) is 8.73. The van der Waals surface area contributed by atoms with Crippen molar-refractivity contribution in [3.05, 3.63) is 12.7 Å². The first-order chi connectivity index (χ1) is 8.97. The lowest BCUT2D eigenvalue weighted by molar-refractivity contribution is -0.176. The molecule has 0 amide bonds. The van der Waals surface area contributed by atoms with Crippen LogP contribution < -0.4 is 0 Å². The summed E-state index contributed by atoms with van der Waals surface area (Å²) in [6, 6.07) is 0. The second-order valence-corrected chi connectivity index (χ2v) is 4.75. The lowest BCUT2D eigenvalue weighted by atomic mass is 9.73. The summed E-state index contributed by atoms with van der Waals surface area (Å²) in [7, 11) is 0. The summed E-state index contributed by atoms with van der Waals surface area (Å²) < 4.78 is 10.2. The first-order valence-electron chi connectivity index (χ1n) is 6.92. The van der Waals surface area contributed by atoms with Crippen LogP contribution >= 0.6 is 0 Å². The number of carbonyl (C=O) groups is 2. The zero-order valence-corrected chi connectivity index (χ0v) is 12.5. The number of hydrogen-bond acceptors (Lipinski definition) is 4. The molecule has 110 valence electrons. The molecule has 4 heteroatoms. The predicted molar refractivity (Wildman–Crippen MR) is 74.6 cm³/mol. The fraction of sp³-hybridized carbons (Fsp3) is 0.733. The minimum Gasteiger partial charge on any atom is -0.465 e. The molecule has 0 fully saturated rings. The molecule has 0 aliphatic heterocycles. The fourth-order valence-electron chi connectivity index (χ4n) is 2.09. The molecule has 0 aliphatic rings. The predicted octanol–water partition coefficient (Wildman–Crippen LogP) is 3.11. The van der Waals surface area contributed by atoms with Crippen LogP contribution in [0, 0.1) is 11.3 Å². The molecule has 0 unspecified atom stereocenters. The molecule has 0 atom stereocenters. The van der Waals surface area contributed by atoms with Crippen molar-refractivity contribution < 1.29 is 19.1 Å². The standard InChI is InChI=1S/C15H26O4/c1-6-9-10-11-15(12(4)5,13(16)18-7-2)14(17)19-8-3/h6,12H,1,7-11H2,2-5H3. The molecule has 0 aromatic heterocycles. The molecule has 0 rings (SSSR count). The van der Waals surface area contributed by atoms with E-state index in [4.69, 9.17) is 9.47 Å². The topological polar surface area (TPSA) is 52.6 Å². The Morgan fingerprint density at radius 1 is 1.16 bits per heavy atom. The largest absolute Gasteiger partial charge is 0.465 e. The number of esters is 2. The van der Waals surface area contributed by atoms with Crippen LogP contribution in [-0.2, 0) is 19.1 Å². The van der Waals surface area contributed by atoms with E-state index in [1.165, 1.54) is 0 Å². The van der Waals surface area contributed by atoms with Gasteiger partial charge >= 0.3 is 11.9 Å². The van der Waals surface area contributed by atoms with Crippen LogP contribution in [0.4, 0.5) is 0 Å². The van der Waals surface area contributed by atoms with Gasteiger partial charge in [0.1, 0.15) is 0 Å². The zero-order valence-electron chi connectivity index (χ0n) is 12.5. The van der Waals surface area contributed by atoms with E-state index in [1.807, 2.05) is 13.8 Å². The highest BCUT2D eigenvalue weighted by Crippen LogP contribution is 2.36. The van der Waals surface area contributed by atoms with Crippen molar-refractivity contribution in [2.75, 3.05) is 13.2 Å². The Kier molecular flexibility index (Phi) is 8.12. The van der Waals surface area contributed by atoms with Crippen molar-refractivity contribution >= 4 is 11.9 Å². The van der Waals surface area contributed by atoms with E-state index >= 15 is 0 Å². The monoisotopic (exact) mass is 270 g/mol. The van der Waals surface area contributed by atoms with Crippen molar-refractivity contribution in [2.45, 2.75) is 47.0 Å². The van der Waals surface area contributed by atoms with Gasteiger partial charge in [0.15, 0.2) is 5.41 Å². The normalized spacial score (nSPS) is 11.2. The second-order valence-electron chi connectivity index (χ2n) is 4.75. The highest BCUT2D eigenvalue weighted by Gasteiger charge is 2.50. The molecule has 19 heavy (non-hydrogen) atoms. The van der Waals surface area contributed by atoms with Crippen LogP contribution in [0.3, 0.4) is 0 Å². The van der Waals surface area contributed by atoms with Crippen LogP contribution in [0.1, 0.15) is 47.0 Å². The van der Waals surface area contributed by atoms with Crippen LogP contribution in [0.25, 0.3) is 0 Å². The molecular formula is C15H26O4. The van der Waals surface area contributed by atoms with Gasteiger partial charge in [-0.1, -0.05) is 19.9 Å². The van der Waals surface area contributed by atoms with Crippen molar-refractivity contribution in [1.82, 2.24) is 0 Å². The van der Waals surface area contributed by atoms with Gasteiger partial charge in [-0.2, -0.15) is 0 Å². The third-order valence-corrected chi connectivity index (χ3v) is 3.24. The Hall–Kier alpha value is -1.32. The number of unbranched alkanes of at least 4 members (excludes halogenated alkanes) is 1. The van der Waals surface area contributed by atoms with Crippen LogP contribution in [0.5, 0.6) is 0 Å². The highest BCUT2D eigenvalue weighted by molar-refractivity contribution is 6.00. The highest BCUT2D eigenvalue weighted by atomic mass is 16.6. The number of rotatable bonds is 9. The summed E-state index contributed by atoms with van der Waals surface area (Å²) in [4.78, 5) is 24.5. The summed E-state index contributed by atoms with van der Waals surface area (Å²) in [5.74, 6) is -1.13. The van der Waals surface area contributed by atoms with Crippen LogP contribution in [0.2, 0.25) is 0 Å². The van der Waals surface area contributed by atoms with Crippen LogP contribution in [0.15, 0.2) is 12.7 Å². The molecule has 0 aromatic rings. The maximum atomic E-state index is 12.3. The van der Waals surface area contributed by atoms with Gasteiger partial charge in [-0.15, -0.1) is 6.58 Å². The summed E-state index contributed by atoms with van der Waals surface area (Å²) in [6.45, 7) is 11.3. The minimum atomic E-state index is -1.20. The fourth-order valence-corrected chi connectivity index (χ4v) is 2.09. The third-order valence-electron chi connectivity index (χ3n) is 3.24. The van der Waals surface area contributed by atoms with E-state index in [0.29, 0.717) is 12.8 Å². The summed E-state index contributed by atoms with van der Waals surface area (Å²) in [5.41, 5.74) is -1.20. The smallest absolute Gasteiger partial charge is 0.323 e. The molecule has 0 aliphatic carbocycles. The van der Waals surface area contributed by atoms with Gasteiger partial charge in [0.25, 0.3) is 0 Å². The lowest BCUT2D eigenvalue weighted by Gasteiger charge is -2.32. The van der Waals surface area contributed by atoms with E-state index in [1.54, 1.807) is 19.9 Å². The number of allylic oxidation sites excluding steroid dienone is 1. The van der Waals surface area contributed by atoms with Gasteiger partial charge in [-0.05, 0) is 39.0 Å². The molecule has 0 heterocycles. The van der Waals surface area contributed by atoms with E-state index in [9.17, 15) is 9.59 Å². The molecule has 0 saturated heterocycles. The first-order valence-corrected chi connectivity index (χ1v) is 6.92. The SMILES string of the molecule is C=CCCCC(C(=O)OCC)(C(=O)OCC)C(C)C. The summed E-state index contributed by atoms with van der Waals surface area (Å²) in [5, 5.41) is 0. The van der Waals surface area contributed by atoms with E-state index in [0.717, 1.165) is 6.42 Å². The Bertz CT molecular complexity index is 289. The molecular weight excluding hydrogens is 244 g/mol. The van der Waals surface area contributed by atoms with Crippen molar-refractivity contribution in [2.24, 2.45) is 11.3 Å². The maximum absolute atomic E-state index is 12.3. The zero-order chi connectivity index (χ0) is 14.9. The average molecular weight is 270 g/mol. The van der Waals surface area contributed by atoms with Gasteiger partial charge in [-0.3, -0.25) is 9.59 Å². The van der Waals surface area contributed by atoms with Gasteiger partial charge in [0, 0.05) is 0 Å². The molecule has 0 saturated carbocycles. The van der Waals surface area contributed by atoms with Gasteiger partial charge in [0.05, 0.1) is 13.2 Å². The number of hydrogen-bond donors (Lipinski definition) is 0. The van der Waals surface area contributed by atoms with Gasteiger partial charge in [-0.25, -0.2) is 0 Å². The van der Waals surface area contributed by atoms with E-state index in [2.05, 4.69) is 6.58 Å². The Labute approximate surface area is 116 Å². The number of carbonyl (C=O) groups excluding carboxylic acids is 2. The Morgan fingerprint density at radius 2 is 1.63 bits per heavy atom. The number of ether oxygens (including phenoxy) is 2. The lowest BCUT2D eigenvalue weighted by Crippen LogP contribution is -2.46. The average Bonchev–Trinajstić information content (AvgIpc) is 2.34. The quantitative estimate of drug-likeness (QED) is 0.279. The van der Waals surface area contributed by atoms with E-state index < -0.39 is 17.4 Å². The molecule has 0 radical (unpaired) electrons. The summed E-state index contributed by atoms with van der Waals surface area (Å²) >= 11 is 0. The molecule has 0 aromatic carbocycles.